The van der Waals surface area contributed by atoms with Gasteiger partial charge in [0.05, 0.1) is 23.7 Å². The molecule has 1 saturated heterocycles. The molecule has 0 saturated carbocycles. The molecule has 26 heavy (non-hydrogen) atoms. The van der Waals surface area contributed by atoms with Crippen molar-refractivity contribution in [3.05, 3.63) is 66.0 Å². The van der Waals surface area contributed by atoms with Gasteiger partial charge in [0.25, 0.3) is 0 Å². The zero-order valence-electron chi connectivity index (χ0n) is 14.7. The van der Waals surface area contributed by atoms with E-state index in [1.54, 1.807) is 0 Å². The summed E-state index contributed by atoms with van der Waals surface area (Å²) in [5, 5.41) is 0. The number of aryl methyl sites for hydroxylation is 1. The first kappa shape index (κ1) is 16.8. The van der Waals surface area contributed by atoms with Gasteiger partial charge in [-0.1, -0.05) is 42.5 Å². The Morgan fingerprint density at radius 3 is 2.81 bits per heavy atom. The van der Waals surface area contributed by atoms with Crippen LogP contribution in [-0.2, 0) is 22.6 Å². The summed E-state index contributed by atoms with van der Waals surface area (Å²) in [4.78, 5) is 22.2. The summed E-state index contributed by atoms with van der Waals surface area (Å²) in [5.41, 5.74) is 3.14. The molecule has 1 N–H and O–H groups in total. The van der Waals surface area contributed by atoms with E-state index in [1.807, 2.05) is 47.4 Å². The largest absolute Gasteiger partial charge is 0.372 e. The number of carbonyl (C=O) groups excluding carboxylic acids is 1. The number of hydrogen-bond donors (Lipinski definition) is 1. The lowest BCUT2D eigenvalue weighted by molar-refractivity contribution is -0.130. The van der Waals surface area contributed by atoms with Gasteiger partial charge in [0.2, 0.25) is 5.91 Å². The number of carbonyl (C=O) groups is 1. The van der Waals surface area contributed by atoms with E-state index in [1.165, 1.54) is 5.56 Å². The normalized spacial score (nSPS) is 17.1. The summed E-state index contributed by atoms with van der Waals surface area (Å²) >= 11 is 0. The highest BCUT2D eigenvalue weighted by atomic mass is 16.5. The van der Waals surface area contributed by atoms with Crippen LogP contribution >= 0.6 is 0 Å². The van der Waals surface area contributed by atoms with E-state index < -0.39 is 0 Å². The van der Waals surface area contributed by atoms with E-state index in [-0.39, 0.29) is 12.0 Å². The number of aromatic nitrogens is 2. The minimum absolute atomic E-state index is 0.130. The lowest BCUT2D eigenvalue weighted by Gasteiger charge is -2.16. The number of aromatic amines is 1. The van der Waals surface area contributed by atoms with Crippen LogP contribution in [0.15, 0.2) is 54.6 Å². The van der Waals surface area contributed by atoms with Gasteiger partial charge >= 0.3 is 0 Å². The van der Waals surface area contributed by atoms with Gasteiger partial charge in [0.15, 0.2) is 0 Å². The van der Waals surface area contributed by atoms with Gasteiger partial charge in [-0.05, 0) is 24.1 Å². The zero-order chi connectivity index (χ0) is 17.8. The van der Waals surface area contributed by atoms with Crippen molar-refractivity contribution in [2.75, 3.05) is 13.1 Å². The second kappa shape index (κ2) is 7.70. The Hall–Kier alpha value is -2.66. The van der Waals surface area contributed by atoms with E-state index in [2.05, 4.69) is 22.1 Å². The number of amides is 1. The summed E-state index contributed by atoms with van der Waals surface area (Å²) in [5.74, 6) is 1.05. The van der Waals surface area contributed by atoms with E-state index >= 15 is 0 Å². The maximum Gasteiger partial charge on any atom is 0.223 e. The van der Waals surface area contributed by atoms with Gasteiger partial charge in [-0.25, -0.2) is 4.98 Å². The Morgan fingerprint density at radius 2 is 1.96 bits per heavy atom. The molecule has 5 heteroatoms. The predicted molar refractivity (Wildman–Crippen MR) is 101 cm³/mol. The second-order valence-electron chi connectivity index (χ2n) is 6.75. The topological polar surface area (TPSA) is 58.2 Å². The van der Waals surface area contributed by atoms with Gasteiger partial charge in [0, 0.05) is 25.9 Å². The van der Waals surface area contributed by atoms with Gasteiger partial charge < -0.3 is 14.6 Å². The fraction of sp³-hybridized carbons (Fsp3) is 0.333. The van der Waals surface area contributed by atoms with Crippen LogP contribution in [0.5, 0.6) is 0 Å². The minimum atomic E-state index is 0.130. The number of hydrogen-bond acceptors (Lipinski definition) is 3. The Balaban J connectivity index is 1.25. The van der Waals surface area contributed by atoms with Crippen LogP contribution in [0, 0.1) is 0 Å². The molecule has 1 atom stereocenters. The van der Waals surface area contributed by atoms with Crippen molar-refractivity contribution >= 4 is 16.9 Å². The third kappa shape index (κ3) is 3.94. The van der Waals surface area contributed by atoms with Gasteiger partial charge in [0.1, 0.15) is 5.82 Å². The number of benzene rings is 2. The van der Waals surface area contributed by atoms with E-state index in [0.29, 0.717) is 26.0 Å². The average molecular weight is 349 g/mol. The lowest BCUT2D eigenvalue weighted by atomic mass is 10.2. The first-order valence-corrected chi connectivity index (χ1v) is 9.15. The monoisotopic (exact) mass is 349 g/mol. The quantitative estimate of drug-likeness (QED) is 0.743. The summed E-state index contributed by atoms with van der Waals surface area (Å²) in [6.07, 6.45) is 2.15. The zero-order valence-corrected chi connectivity index (χ0v) is 14.7. The molecule has 134 valence electrons. The second-order valence-corrected chi connectivity index (χ2v) is 6.75. The van der Waals surface area contributed by atoms with Crippen LogP contribution in [0.1, 0.15) is 24.2 Å². The molecular weight excluding hydrogens is 326 g/mol. The van der Waals surface area contributed by atoms with Crippen LogP contribution in [0.25, 0.3) is 11.0 Å². The molecular formula is C21H23N3O2. The first-order chi connectivity index (χ1) is 12.8. The molecule has 1 aliphatic heterocycles. The third-order valence-electron chi connectivity index (χ3n) is 4.84. The number of imidazole rings is 1. The lowest BCUT2D eigenvalue weighted by Crippen LogP contribution is -2.30. The van der Waals surface area contributed by atoms with Crippen LogP contribution < -0.4 is 0 Å². The molecule has 1 unspecified atom stereocenters. The fourth-order valence-corrected chi connectivity index (χ4v) is 3.39. The van der Waals surface area contributed by atoms with E-state index in [0.717, 1.165) is 29.8 Å². The van der Waals surface area contributed by atoms with Gasteiger partial charge in [-0.3, -0.25) is 4.79 Å². The molecule has 0 spiro atoms. The van der Waals surface area contributed by atoms with Crippen LogP contribution in [0.4, 0.5) is 0 Å². The van der Waals surface area contributed by atoms with Crippen LogP contribution in [0.3, 0.4) is 0 Å². The molecule has 5 nitrogen and oxygen atoms in total. The first-order valence-electron chi connectivity index (χ1n) is 9.15. The molecule has 2 aromatic carbocycles. The Labute approximate surface area is 153 Å². The highest BCUT2D eigenvalue weighted by Gasteiger charge is 2.26. The van der Waals surface area contributed by atoms with Crippen molar-refractivity contribution in [1.29, 1.82) is 0 Å². The van der Waals surface area contributed by atoms with Crippen molar-refractivity contribution in [3.8, 4) is 0 Å². The molecule has 3 aromatic rings. The molecule has 1 aliphatic rings. The SMILES string of the molecule is O=C(CCc1nc2ccccc2[nH]1)N1CCC(OCc2ccccc2)C1. The molecule has 1 fully saturated rings. The smallest absolute Gasteiger partial charge is 0.223 e. The van der Waals surface area contributed by atoms with E-state index in [4.69, 9.17) is 4.74 Å². The molecule has 1 amide bonds. The molecule has 4 rings (SSSR count). The maximum atomic E-state index is 12.5. The molecule has 0 aliphatic carbocycles. The number of nitrogens with zero attached hydrogens (tertiary/aromatic N) is 2. The summed E-state index contributed by atoms with van der Waals surface area (Å²) in [6, 6.07) is 18.1. The molecule has 2 heterocycles. The number of nitrogens with one attached hydrogen (secondary N) is 1. The van der Waals surface area contributed by atoms with Crippen molar-refractivity contribution in [1.82, 2.24) is 14.9 Å². The number of rotatable bonds is 6. The predicted octanol–water partition coefficient (Wildman–Crippen LogP) is 3.31. The third-order valence-corrected chi connectivity index (χ3v) is 4.84. The van der Waals surface area contributed by atoms with Crippen molar-refractivity contribution in [2.24, 2.45) is 0 Å². The highest BCUT2D eigenvalue weighted by Crippen LogP contribution is 2.17. The van der Waals surface area contributed by atoms with E-state index in [9.17, 15) is 4.79 Å². The van der Waals surface area contributed by atoms with Gasteiger partial charge in [-0.15, -0.1) is 0 Å². The average Bonchev–Trinajstić information content (AvgIpc) is 3.32. The maximum absolute atomic E-state index is 12.5. The molecule has 0 bridgehead atoms. The van der Waals surface area contributed by atoms with Crippen LogP contribution in [0.2, 0.25) is 0 Å². The molecule has 0 radical (unpaired) electrons. The minimum Gasteiger partial charge on any atom is -0.372 e. The van der Waals surface area contributed by atoms with Crippen molar-refractivity contribution in [2.45, 2.75) is 32.0 Å². The van der Waals surface area contributed by atoms with Crippen molar-refractivity contribution in [3.63, 3.8) is 0 Å². The Kier molecular flexibility index (Phi) is 4.97. The van der Waals surface area contributed by atoms with Gasteiger partial charge in [-0.2, -0.15) is 0 Å². The Morgan fingerprint density at radius 1 is 1.15 bits per heavy atom. The molecule has 1 aromatic heterocycles. The summed E-state index contributed by atoms with van der Waals surface area (Å²) < 4.78 is 5.96. The summed E-state index contributed by atoms with van der Waals surface area (Å²) in [6.45, 7) is 2.07. The van der Waals surface area contributed by atoms with Crippen LogP contribution in [-0.4, -0.2) is 40.0 Å². The number of ether oxygens (including phenoxy) is 1. The number of para-hydroxylation sites is 2. The Bertz CT molecular complexity index is 842. The van der Waals surface area contributed by atoms with Crippen molar-refractivity contribution < 1.29 is 9.53 Å². The highest BCUT2D eigenvalue weighted by molar-refractivity contribution is 5.77. The standard InChI is InChI=1S/C21H23N3O2/c25-21(11-10-20-22-18-8-4-5-9-19(18)23-20)24-13-12-17(14-24)26-15-16-6-2-1-3-7-16/h1-9,17H,10-15H2,(H,22,23). The number of fused-ring (bicyclic) bond motifs is 1. The summed E-state index contributed by atoms with van der Waals surface area (Å²) in [7, 11) is 0. The number of likely N-dealkylation sites (tertiary alicyclic amines) is 1. The fourth-order valence-electron chi connectivity index (χ4n) is 3.39. The number of H-pyrrole nitrogens is 1.